The number of nitrogens with zero attached hydrogens (tertiary/aromatic N) is 2. The van der Waals surface area contributed by atoms with Crippen LogP contribution in [0.5, 0.6) is 11.5 Å². The predicted octanol–water partition coefficient (Wildman–Crippen LogP) is 4.67. The molecule has 1 amide bonds. The number of methoxy groups -OCH3 is 2. The minimum Gasteiger partial charge on any atom is -0.493 e. The number of nitrogens with two attached hydrogens (primary N) is 1. The van der Waals surface area contributed by atoms with Crippen LogP contribution in [0.1, 0.15) is 35.5 Å². The van der Waals surface area contributed by atoms with E-state index in [1.807, 2.05) is 31.2 Å². The van der Waals surface area contributed by atoms with Gasteiger partial charge in [-0.05, 0) is 68.7 Å². The molecular formula is C26H33N3O3. The van der Waals surface area contributed by atoms with Gasteiger partial charge in [-0.3, -0.25) is 4.79 Å². The third-order valence-corrected chi connectivity index (χ3v) is 6.00. The van der Waals surface area contributed by atoms with Gasteiger partial charge in [-0.1, -0.05) is 18.2 Å². The fourth-order valence-electron chi connectivity index (χ4n) is 4.13. The van der Waals surface area contributed by atoms with E-state index in [1.165, 1.54) is 5.69 Å². The number of carbonyl (C=O) groups is 1. The third kappa shape index (κ3) is 4.74. The van der Waals surface area contributed by atoms with Gasteiger partial charge in [0.05, 0.1) is 19.8 Å². The van der Waals surface area contributed by atoms with E-state index in [2.05, 4.69) is 47.6 Å². The summed E-state index contributed by atoms with van der Waals surface area (Å²) in [5.74, 6) is 1.01. The first-order chi connectivity index (χ1) is 15.4. The summed E-state index contributed by atoms with van der Waals surface area (Å²) >= 11 is 0. The molecule has 0 bridgehead atoms. The summed E-state index contributed by atoms with van der Waals surface area (Å²) in [5, 5.41) is 0. The fourth-order valence-corrected chi connectivity index (χ4v) is 4.13. The Morgan fingerprint density at radius 3 is 2.19 bits per heavy atom. The van der Waals surface area contributed by atoms with Crippen LogP contribution >= 0.6 is 0 Å². The number of amides is 1. The summed E-state index contributed by atoms with van der Waals surface area (Å²) in [6.07, 6.45) is 0.776. The highest BCUT2D eigenvalue weighted by Gasteiger charge is 2.17. The van der Waals surface area contributed by atoms with E-state index in [-0.39, 0.29) is 0 Å². The van der Waals surface area contributed by atoms with Crippen LogP contribution in [0.15, 0.2) is 48.5 Å². The van der Waals surface area contributed by atoms with Crippen molar-refractivity contribution >= 4 is 11.6 Å². The van der Waals surface area contributed by atoms with Crippen LogP contribution in [-0.2, 0) is 13.0 Å². The van der Waals surface area contributed by atoms with Gasteiger partial charge in [-0.25, -0.2) is 0 Å². The maximum atomic E-state index is 12.0. The van der Waals surface area contributed by atoms with Crippen LogP contribution < -0.4 is 20.1 Å². The van der Waals surface area contributed by atoms with Gasteiger partial charge < -0.3 is 24.7 Å². The SMILES string of the molecule is CCN(CC)c1ccc(-c2cc(C(N)=O)c(C)n2CCc2ccc(OC)c(OC)c2)cc1. The molecule has 0 saturated carbocycles. The molecule has 2 aromatic carbocycles. The Bertz CT molecular complexity index is 1070. The molecule has 0 aliphatic heterocycles. The Kier molecular flexibility index (Phi) is 7.46. The standard InChI is InChI=1S/C26H33N3O3/c1-6-28(7-2)21-11-9-20(10-12-21)23-17-22(26(27)30)18(3)29(23)15-14-19-8-13-24(31-4)25(16-19)32-5/h8-13,16-17H,6-7,14-15H2,1-5H3,(H2,27,30). The zero-order valence-electron chi connectivity index (χ0n) is 19.6. The van der Waals surface area contributed by atoms with Gasteiger partial charge in [0.2, 0.25) is 0 Å². The van der Waals surface area contributed by atoms with Crippen molar-refractivity contribution in [1.29, 1.82) is 0 Å². The molecule has 2 N–H and O–H groups in total. The van der Waals surface area contributed by atoms with Crippen molar-refractivity contribution in [3.05, 3.63) is 65.4 Å². The average Bonchev–Trinajstić information content (AvgIpc) is 3.15. The monoisotopic (exact) mass is 435 g/mol. The van der Waals surface area contributed by atoms with Gasteiger partial charge in [0, 0.05) is 36.7 Å². The summed E-state index contributed by atoms with van der Waals surface area (Å²) in [7, 11) is 3.26. The molecule has 170 valence electrons. The molecule has 6 nitrogen and oxygen atoms in total. The molecule has 0 unspecified atom stereocenters. The zero-order chi connectivity index (χ0) is 23.3. The second kappa shape index (κ2) is 10.3. The number of anilines is 1. The van der Waals surface area contributed by atoms with E-state index < -0.39 is 5.91 Å². The van der Waals surface area contributed by atoms with Crippen molar-refractivity contribution < 1.29 is 14.3 Å². The lowest BCUT2D eigenvalue weighted by Gasteiger charge is -2.21. The maximum absolute atomic E-state index is 12.0. The minimum absolute atomic E-state index is 0.409. The Hall–Kier alpha value is -3.41. The molecule has 0 radical (unpaired) electrons. The van der Waals surface area contributed by atoms with Gasteiger partial charge in [-0.15, -0.1) is 0 Å². The molecule has 0 atom stereocenters. The summed E-state index contributed by atoms with van der Waals surface area (Å²) < 4.78 is 12.9. The van der Waals surface area contributed by atoms with Crippen LogP contribution in [0.25, 0.3) is 11.3 Å². The van der Waals surface area contributed by atoms with Crippen LogP contribution in [0.2, 0.25) is 0 Å². The number of primary amides is 1. The first kappa shape index (κ1) is 23.3. The molecule has 0 saturated heterocycles. The summed E-state index contributed by atoms with van der Waals surface area (Å²) in [4.78, 5) is 14.3. The van der Waals surface area contributed by atoms with E-state index in [0.29, 0.717) is 23.6 Å². The Morgan fingerprint density at radius 1 is 0.969 bits per heavy atom. The first-order valence-corrected chi connectivity index (χ1v) is 11.0. The van der Waals surface area contributed by atoms with Crippen LogP contribution in [0.3, 0.4) is 0 Å². The number of ether oxygens (including phenoxy) is 2. The molecule has 0 aliphatic rings. The van der Waals surface area contributed by atoms with E-state index in [1.54, 1.807) is 14.2 Å². The molecule has 3 aromatic rings. The molecule has 0 spiro atoms. The Balaban J connectivity index is 1.93. The number of hydrogen-bond donors (Lipinski definition) is 1. The van der Waals surface area contributed by atoms with E-state index in [9.17, 15) is 4.79 Å². The van der Waals surface area contributed by atoms with Crippen molar-refractivity contribution in [2.24, 2.45) is 5.73 Å². The quantitative estimate of drug-likeness (QED) is 0.502. The molecule has 6 heteroatoms. The molecule has 1 heterocycles. The fraction of sp³-hybridized carbons (Fsp3) is 0.346. The van der Waals surface area contributed by atoms with Crippen LogP contribution in [0.4, 0.5) is 5.69 Å². The Morgan fingerprint density at radius 2 is 1.62 bits per heavy atom. The number of aromatic nitrogens is 1. The highest BCUT2D eigenvalue weighted by Crippen LogP contribution is 2.30. The normalized spacial score (nSPS) is 10.8. The van der Waals surface area contributed by atoms with Gasteiger partial charge in [0.25, 0.3) is 5.91 Å². The number of rotatable bonds is 10. The van der Waals surface area contributed by atoms with Crippen LogP contribution in [-0.4, -0.2) is 37.8 Å². The minimum atomic E-state index is -0.409. The smallest absolute Gasteiger partial charge is 0.250 e. The summed E-state index contributed by atoms with van der Waals surface area (Å²) in [6.45, 7) is 8.88. The van der Waals surface area contributed by atoms with Gasteiger partial charge in [0.1, 0.15) is 0 Å². The zero-order valence-corrected chi connectivity index (χ0v) is 19.6. The number of hydrogen-bond acceptors (Lipinski definition) is 4. The molecule has 0 aliphatic carbocycles. The van der Waals surface area contributed by atoms with Crippen molar-refractivity contribution in [1.82, 2.24) is 4.57 Å². The lowest BCUT2D eigenvalue weighted by Crippen LogP contribution is -2.21. The second-order valence-corrected chi connectivity index (χ2v) is 7.70. The van der Waals surface area contributed by atoms with E-state index >= 15 is 0 Å². The summed E-state index contributed by atoms with van der Waals surface area (Å²) in [5.41, 5.74) is 11.5. The molecular weight excluding hydrogens is 402 g/mol. The first-order valence-electron chi connectivity index (χ1n) is 11.0. The molecule has 3 rings (SSSR count). The van der Waals surface area contributed by atoms with Gasteiger partial charge >= 0.3 is 0 Å². The topological polar surface area (TPSA) is 69.7 Å². The number of aryl methyl sites for hydroxylation is 1. The van der Waals surface area contributed by atoms with Gasteiger partial charge in [-0.2, -0.15) is 0 Å². The van der Waals surface area contributed by atoms with Crippen molar-refractivity contribution in [2.45, 2.75) is 33.7 Å². The number of benzene rings is 2. The maximum Gasteiger partial charge on any atom is 0.250 e. The third-order valence-electron chi connectivity index (χ3n) is 6.00. The lowest BCUT2D eigenvalue weighted by atomic mass is 10.1. The summed E-state index contributed by atoms with van der Waals surface area (Å²) in [6, 6.07) is 16.3. The number of carbonyl (C=O) groups excluding carboxylic acids is 1. The molecule has 32 heavy (non-hydrogen) atoms. The highest BCUT2D eigenvalue weighted by atomic mass is 16.5. The van der Waals surface area contributed by atoms with Crippen molar-refractivity contribution in [3.63, 3.8) is 0 Å². The lowest BCUT2D eigenvalue weighted by molar-refractivity contribution is 0.0999. The molecule has 0 fully saturated rings. The van der Waals surface area contributed by atoms with E-state index in [4.69, 9.17) is 15.2 Å². The van der Waals surface area contributed by atoms with Crippen molar-refractivity contribution in [3.8, 4) is 22.8 Å². The average molecular weight is 436 g/mol. The second-order valence-electron chi connectivity index (χ2n) is 7.70. The van der Waals surface area contributed by atoms with Crippen LogP contribution in [0, 0.1) is 6.92 Å². The largest absolute Gasteiger partial charge is 0.493 e. The highest BCUT2D eigenvalue weighted by molar-refractivity contribution is 5.95. The predicted molar refractivity (Wildman–Crippen MR) is 130 cm³/mol. The van der Waals surface area contributed by atoms with Crippen molar-refractivity contribution in [2.75, 3.05) is 32.2 Å². The van der Waals surface area contributed by atoms with E-state index in [0.717, 1.165) is 42.0 Å². The van der Waals surface area contributed by atoms with Gasteiger partial charge in [0.15, 0.2) is 11.5 Å². The molecule has 1 aromatic heterocycles. The Labute approximate surface area is 190 Å².